The van der Waals surface area contributed by atoms with E-state index in [0.29, 0.717) is 19.0 Å². The molecule has 5 nitrogen and oxygen atoms in total. The summed E-state index contributed by atoms with van der Waals surface area (Å²) in [5.74, 6) is 0.390. The minimum Gasteiger partial charge on any atom is -0.391 e. The molecular weight excluding hydrogens is 262 g/mol. The third-order valence-corrected chi connectivity index (χ3v) is 4.34. The standard InChI is InChI=1S/C13H21N3O2S/c1-3-12-15-10(8-19-12)6-14-13(18)16(2)7-11(17)9-4-5-9/h8-9,11,17H,3-7H2,1-2H3,(H,14,18). The zero-order chi connectivity index (χ0) is 13.8. The third kappa shape index (κ3) is 4.18. The van der Waals surface area contributed by atoms with Crippen LogP contribution in [0.15, 0.2) is 5.38 Å². The number of rotatable bonds is 6. The molecule has 6 heteroatoms. The maximum atomic E-state index is 11.9. The second-order valence-electron chi connectivity index (χ2n) is 5.03. The second-order valence-corrected chi connectivity index (χ2v) is 5.97. The van der Waals surface area contributed by atoms with Crippen molar-refractivity contribution in [3.05, 3.63) is 16.1 Å². The number of aliphatic hydroxyl groups excluding tert-OH is 1. The van der Waals surface area contributed by atoms with E-state index >= 15 is 0 Å². The van der Waals surface area contributed by atoms with Crippen molar-refractivity contribution in [2.75, 3.05) is 13.6 Å². The molecule has 1 saturated carbocycles. The molecule has 1 fully saturated rings. The predicted octanol–water partition coefficient (Wildman–Crippen LogP) is 1.62. The quantitative estimate of drug-likeness (QED) is 0.833. The summed E-state index contributed by atoms with van der Waals surface area (Å²) in [7, 11) is 1.71. The van der Waals surface area contributed by atoms with Crippen LogP contribution in [0.1, 0.15) is 30.5 Å². The number of likely N-dealkylation sites (N-methyl/N-ethyl adjacent to an activating group) is 1. The molecule has 2 rings (SSSR count). The first-order chi connectivity index (χ1) is 9.10. The molecule has 1 unspecified atom stereocenters. The Morgan fingerprint density at radius 1 is 1.68 bits per heavy atom. The first-order valence-electron chi connectivity index (χ1n) is 6.70. The van der Waals surface area contributed by atoms with E-state index in [9.17, 15) is 9.90 Å². The van der Waals surface area contributed by atoms with E-state index in [4.69, 9.17) is 0 Å². The summed E-state index contributed by atoms with van der Waals surface area (Å²) in [5, 5.41) is 15.7. The number of amides is 2. The molecule has 1 aliphatic rings. The average Bonchev–Trinajstić information content (AvgIpc) is 3.15. The SMILES string of the molecule is CCc1nc(CNC(=O)N(C)CC(O)C2CC2)cs1. The van der Waals surface area contributed by atoms with Gasteiger partial charge >= 0.3 is 6.03 Å². The Morgan fingerprint density at radius 3 is 3.00 bits per heavy atom. The van der Waals surface area contributed by atoms with Crippen LogP contribution in [0.4, 0.5) is 4.79 Å². The molecule has 1 aromatic heterocycles. The monoisotopic (exact) mass is 283 g/mol. The largest absolute Gasteiger partial charge is 0.391 e. The fourth-order valence-corrected chi connectivity index (χ4v) is 2.63. The van der Waals surface area contributed by atoms with E-state index in [2.05, 4.69) is 17.2 Å². The lowest BCUT2D eigenvalue weighted by molar-refractivity contribution is 0.113. The summed E-state index contributed by atoms with van der Waals surface area (Å²) in [4.78, 5) is 17.8. The van der Waals surface area contributed by atoms with Crippen LogP contribution in [-0.4, -0.2) is 40.7 Å². The van der Waals surface area contributed by atoms with Gasteiger partial charge in [0.25, 0.3) is 0 Å². The van der Waals surface area contributed by atoms with Gasteiger partial charge in [0.05, 0.1) is 23.4 Å². The fourth-order valence-electron chi connectivity index (χ4n) is 1.89. The van der Waals surface area contributed by atoms with Crippen LogP contribution in [0.2, 0.25) is 0 Å². The van der Waals surface area contributed by atoms with Crippen molar-refractivity contribution < 1.29 is 9.90 Å². The highest BCUT2D eigenvalue weighted by atomic mass is 32.1. The van der Waals surface area contributed by atoms with E-state index < -0.39 is 0 Å². The van der Waals surface area contributed by atoms with Gasteiger partial charge in [-0.2, -0.15) is 0 Å². The van der Waals surface area contributed by atoms with Gasteiger partial charge in [-0.1, -0.05) is 6.92 Å². The molecule has 0 radical (unpaired) electrons. The number of aryl methyl sites for hydroxylation is 1. The second kappa shape index (κ2) is 6.34. The van der Waals surface area contributed by atoms with Gasteiger partial charge in [-0.05, 0) is 25.2 Å². The smallest absolute Gasteiger partial charge is 0.317 e. The molecular formula is C13H21N3O2S. The zero-order valence-electron chi connectivity index (χ0n) is 11.4. The molecule has 2 N–H and O–H groups in total. The van der Waals surface area contributed by atoms with E-state index in [1.807, 2.05) is 5.38 Å². The Morgan fingerprint density at radius 2 is 2.42 bits per heavy atom. The Labute approximate surface area is 117 Å². The summed E-state index contributed by atoms with van der Waals surface area (Å²) in [6.45, 7) is 2.90. The molecule has 19 heavy (non-hydrogen) atoms. The number of nitrogens with one attached hydrogen (secondary N) is 1. The molecule has 1 atom stereocenters. The molecule has 1 heterocycles. The van der Waals surface area contributed by atoms with Crippen LogP contribution in [-0.2, 0) is 13.0 Å². The van der Waals surface area contributed by atoms with E-state index in [1.165, 1.54) is 4.90 Å². The lowest BCUT2D eigenvalue weighted by Crippen LogP contribution is -2.41. The Kier molecular flexibility index (Phi) is 4.76. The van der Waals surface area contributed by atoms with Gasteiger partial charge < -0.3 is 15.3 Å². The summed E-state index contributed by atoms with van der Waals surface area (Å²) in [6.07, 6.45) is 2.69. The van der Waals surface area contributed by atoms with Crippen molar-refractivity contribution in [1.82, 2.24) is 15.2 Å². The molecule has 0 spiro atoms. The molecule has 2 amide bonds. The van der Waals surface area contributed by atoms with Gasteiger partial charge in [-0.15, -0.1) is 11.3 Å². The van der Waals surface area contributed by atoms with Crippen molar-refractivity contribution in [3.8, 4) is 0 Å². The number of aromatic nitrogens is 1. The van der Waals surface area contributed by atoms with Crippen molar-refractivity contribution in [3.63, 3.8) is 0 Å². The van der Waals surface area contributed by atoms with Crippen molar-refractivity contribution in [2.45, 2.75) is 38.8 Å². The molecule has 0 bridgehead atoms. The minimum absolute atomic E-state index is 0.161. The lowest BCUT2D eigenvalue weighted by atomic mass is 10.2. The van der Waals surface area contributed by atoms with Crippen LogP contribution < -0.4 is 5.32 Å². The Balaban J connectivity index is 1.73. The average molecular weight is 283 g/mol. The van der Waals surface area contributed by atoms with Crippen molar-refractivity contribution in [1.29, 1.82) is 0 Å². The normalized spacial score (nSPS) is 16.2. The number of hydrogen-bond acceptors (Lipinski definition) is 4. The van der Waals surface area contributed by atoms with Gasteiger partial charge in [0.15, 0.2) is 0 Å². The predicted molar refractivity (Wildman–Crippen MR) is 75.1 cm³/mol. The highest BCUT2D eigenvalue weighted by Gasteiger charge is 2.31. The first kappa shape index (κ1) is 14.3. The van der Waals surface area contributed by atoms with Crippen LogP contribution >= 0.6 is 11.3 Å². The van der Waals surface area contributed by atoms with Crippen molar-refractivity contribution in [2.24, 2.45) is 5.92 Å². The van der Waals surface area contributed by atoms with E-state index in [1.54, 1.807) is 18.4 Å². The number of thiazole rings is 1. The molecule has 0 aromatic carbocycles. The minimum atomic E-state index is -0.387. The van der Waals surface area contributed by atoms with E-state index in [0.717, 1.165) is 30.0 Å². The fraction of sp³-hybridized carbons (Fsp3) is 0.692. The molecule has 0 aliphatic heterocycles. The number of carbonyl (C=O) groups is 1. The van der Waals surface area contributed by atoms with Gasteiger partial charge in [0.2, 0.25) is 0 Å². The van der Waals surface area contributed by atoms with Crippen LogP contribution in [0, 0.1) is 5.92 Å². The Bertz CT molecular complexity index is 431. The lowest BCUT2D eigenvalue weighted by Gasteiger charge is -2.20. The highest BCUT2D eigenvalue weighted by Crippen LogP contribution is 2.32. The van der Waals surface area contributed by atoms with Crippen molar-refractivity contribution >= 4 is 17.4 Å². The highest BCUT2D eigenvalue weighted by molar-refractivity contribution is 7.09. The maximum absolute atomic E-state index is 11.9. The van der Waals surface area contributed by atoms with Crippen LogP contribution in [0.3, 0.4) is 0 Å². The molecule has 1 aromatic rings. The topological polar surface area (TPSA) is 65.5 Å². The molecule has 106 valence electrons. The summed E-state index contributed by atoms with van der Waals surface area (Å²) in [6, 6.07) is -0.161. The van der Waals surface area contributed by atoms with Gasteiger partial charge in [0.1, 0.15) is 0 Å². The van der Waals surface area contributed by atoms with Crippen LogP contribution in [0.5, 0.6) is 0 Å². The number of aliphatic hydroxyl groups is 1. The third-order valence-electron chi connectivity index (χ3n) is 3.30. The summed E-state index contributed by atoms with van der Waals surface area (Å²) >= 11 is 1.62. The first-order valence-corrected chi connectivity index (χ1v) is 7.58. The number of urea groups is 1. The summed E-state index contributed by atoms with van der Waals surface area (Å²) in [5.41, 5.74) is 0.895. The number of carbonyl (C=O) groups excluding carboxylic acids is 1. The maximum Gasteiger partial charge on any atom is 0.317 e. The zero-order valence-corrected chi connectivity index (χ0v) is 12.2. The number of nitrogens with zero attached hydrogens (tertiary/aromatic N) is 2. The van der Waals surface area contributed by atoms with Gasteiger partial charge in [0, 0.05) is 19.0 Å². The van der Waals surface area contributed by atoms with Crippen LogP contribution in [0.25, 0.3) is 0 Å². The van der Waals surface area contributed by atoms with Gasteiger partial charge in [-0.25, -0.2) is 9.78 Å². The van der Waals surface area contributed by atoms with Gasteiger partial charge in [-0.3, -0.25) is 0 Å². The Hall–Kier alpha value is -1.14. The summed E-state index contributed by atoms with van der Waals surface area (Å²) < 4.78 is 0. The van der Waals surface area contributed by atoms with E-state index in [-0.39, 0.29) is 12.1 Å². The molecule has 1 aliphatic carbocycles. The molecule has 0 saturated heterocycles. The number of hydrogen-bond donors (Lipinski definition) is 2.